The number of aromatic hydroxyl groups is 1. The molecule has 0 aromatic heterocycles. The predicted molar refractivity (Wildman–Crippen MR) is 157 cm³/mol. The number of benzene rings is 2. The molecule has 2 heterocycles. The maximum atomic E-state index is 13.8. The van der Waals surface area contributed by atoms with Crippen LogP contribution in [0.2, 0.25) is 0 Å². The molecule has 2 aromatic rings. The molecule has 3 fully saturated rings. The van der Waals surface area contributed by atoms with Crippen molar-refractivity contribution >= 4 is 17.7 Å². The van der Waals surface area contributed by atoms with Crippen LogP contribution in [0.15, 0.2) is 53.2 Å². The van der Waals surface area contributed by atoms with Gasteiger partial charge in [-0.2, -0.15) is 0 Å². The van der Waals surface area contributed by atoms with Gasteiger partial charge >= 0.3 is 0 Å². The van der Waals surface area contributed by atoms with E-state index < -0.39 is 72.4 Å². The highest BCUT2D eigenvalue weighted by Crippen LogP contribution is 2.37. The van der Waals surface area contributed by atoms with Crippen LogP contribution in [0.3, 0.4) is 0 Å². The first-order valence-electron chi connectivity index (χ1n) is 14.5. The number of oxime groups is 1. The zero-order valence-electron chi connectivity index (χ0n) is 25.2. The third kappa shape index (κ3) is 6.72. The maximum Gasteiger partial charge on any atom is 0.247 e. The number of phenols is 1. The Kier molecular flexibility index (Phi) is 9.95. The zero-order valence-corrected chi connectivity index (χ0v) is 25.2. The molecule has 0 spiro atoms. The van der Waals surface area contributed by atoms with Crippen LogP contribution in [0, 0.1) is 5.82 Å². The Labute approximate surface area is 263 Å². The van der Waals surface area contributed by atoms with E-state index in [4.69, 9.17) is 23.8 Å². The molecule has 7 N–H and O–H groups in total. The molecule has 5 rings (SSSR count). The minimum atomic E-state index is -1.94. The summed E-state index contributed by atoms with van der Waals surface area (Å²) >= 11 is 0. The third-order valence-corrected chi connectivity index (χ3v) is 8.29. The number of carbonyl (C=O) groups excluding carboxylic acids is 1. The molecule has 2 aromatic carbocycles. The van der Waals surface area contributed by atoms with Crippen molar-refractivity contribution in [2.24, 2.45) is 5.16 Å². The van der Waals surface area contributed by atoms with Crippen LogP contribution in [-0.4, -0.2) is 110 Å². The molecule has 250 valence electrons. The zero-order chi connectivity index (χ0) is 33.3. The van der Waals surface area contributed by atoms with Gasteiger partial charge in [-0.15, -0.1) is 0 Å². The summed E-state index contributed by atoms with van der Waals surface area (Å²) in [5, 5.41) is 70.1. The van der Waals surface area contributed by atoms with E-state index in [2.05, 4.69) is 10.5 Å². The quantitative estimate of drug-likeness (QED) is 0.109. The number of phenolic OH excluding ortho intramolecular Hbond substituents is 1. The molecule has 3 aliphatic rings. The lowest BCUT2D eigenvalue weighted by molar-refractivity contribution is -0.155. The normalized spacial score (nSPS) is 34.7. The van der Waals surface area contributed by atoms with Crippen LogP contribution in [0.25, 0.3) is 6.08 Å². The van der Waals surface area contributed by atoms with Crippen LogP contribution in [0.5, 0.6) is 11.5 Å². The number of nitrogens with one attached hydrogen (secondary N) is 1. The predicted octanol–water partition coefficient (Wildman–Crippen LogP) is 0.0655. The summed E-state index contributed by atoms with van der Waals surface area (Å²) in [5.74, 6) is -1.59. The van der Waals surface area contributed by atoms with E-state index in [1.807, 2.05) is 0 Å². The van der Waals surface area contributed by atoms with Gasteiger partial charge in [-0.3, -0.25) is 4.79 Å². The second-order valence-corrected chi connectivity index (χ2v) is 11.7. The Morgan fingerprint density at radius 2 is 1.78 bits per heavy atom. The van der Waals surface area contributed by atoms with Crippen LogP contribution >= 0.6 is 0 Å². The monoisotopic (exact) mass is 648 g/mol. The summed E-state index contributed by atoms with van der Waals surface area (Å²) in [7, 11) is 0. The number of hydrogen-bond donors (Lipinski definition) is 7. The van der Waals surface area contributed by atoms with Crippen molar-refractivity contribution in [3.63, 3.8) is 0 Å². The Balaban J connectivity index is 1.21. The van der Waals surface area contributed by atoms with Crippen molar-refractivity contribution in [3.05, 3.63) is 65.0 Å². The van der Waals surface area contributed by atoms with E-state index in [0.29, 0.717) is 5.56 Å². The summed E-state index contributed by atoms with van der Waals surface area (Å²) in [6, 6.07) is 8.95. The van der Waals surface area contributed by atoms with E-state index >= 15 is 0 Å². The molecule has 0 radical (unpaired) electrons. The van der Waals surface area contributed by atoms with Gasteiger partial charge in [0, 0.05) is 11.1 Å². The fourth-order valence-electron chi connectivity index (χ4n) is 5.51. The summed E-state index contributed by atoms with van der Waals surface area (Å²) in [4.78, 5) is 18.1. The second kappa shape index (κ2) is 13.6. The highest BCUT2D eigenvalue weighted by Gasteiger charge is 2.55. The summed E-state index contributed by atoms with van der Waals surface area (Å²) in [5.41, 5.74) is -0.988. The van der Waals surface area contributed by atoms with Crippen LogP contribution in [0.1, 0.15) is 31.9 Å². The van der Waals surface area contributed by atoms with Crippen molar-refractivity contribution in [1.82, 2.24) is 5.32 Å². The Morgan fingerprint density at radius 1 is 1.09 bits per heavy atom. The second-order valence-electron chi connectivity index (χ2n) is 11.7. The number of carbonyl (C=O) groups is 1. The SMILES string of the molecule is C/C(=C\c1ccc(O[C@@H]2O[C@H](/C(C)=N/OCc3ccccc3F)[C@@H](O)[C@@]2(C)O)c(O)c1)C(=O)N[C@@H]1[C@H](O)[C@@H](O)[C@H]2OCO[C@H]2[C@@H]1O. The Morgan fingerprint density at radius 3 is 2.48 bits per heavy atom. The standard InChI is InChI=1S/C31H37FN2O12/c1-14(29(40)33-21-22(36)24(38)27-26(23(21)37)42-13-43-27)10-16-8-9-20(19(35)11-16)45-30-31(3,41)28(39)25(46-30)15(2)34-44-12-17-6-4-5-7-18(17)32/h4-11,21-28,30,35-39,41H,12-13H2,1-3H3,(H,33,40)/b14-10+,34-15+/t21-,22+,23-,24-,25-,26+,27-,28-,30-,31-/m1/s1. The topological polar surface area (TPSA) is 209 Å². The Hall–Kier alpha value is -3.67. The number of hydrogen-bond acceptors (Lipinski definition) is 13. The van der Waals surface area contributed by atoms with E-state index in [1.54, 1.807) is 12.1 Å². The first kappa shape index (κ1) is 33.7. The van der Waals surface area contributed by atoms with Gasteiger partial charge in [0.25, 0.3) is 0 Å². The van der Waals surface area contributed by atoms with Gasteiger partial charge in [0.05, 0.1) is 11.8 Å². The molecule has 0 unspecified atom stereocenters. The van der Waals surface area contributed by atoms with Crippen molar-refractivity contribution in [3.8, 4) is 11.5 Å². The molecule has 46 heavy (non-hydrogen) atoms. The van der Waals surface area contributed by atoms with Crippen molar-refractivity contribution < 1.29 is 63.6 Å². The van der Waals surface area contributed by atoms with Gasteiger partial charge < -0.3 is 59.7 Å². The van der Waals surface area contributed by atoms with Crippen LogP contribution in [-0.2, 0) is 30.4 Å². The van der Waals surface area contributed by atoms with Gasteiger partial charge in [-0.05, 0) is 50.6 Å². The first-order chi connectivity index (χ1) is 21.8. The molecular formula is C31H37FN2O12. The number of nitrogens with zero attached hydrogens (tertiary/aromatic N) is 1. The van der Waals surface area contributed by atoms with Crippen molar-refractivity contribution in [1.29, 1.82) is 0 Å². The minimum absolute atomic E-state index is 0.0986. The number of rotatable bonds is 9. The van der Waals surface area contributed by atoms with E-state index in [0.717, 1.165) is 0 Å². The number of halogens is 1. The summed E-state index contributed by atoms with van der Waals surface area (Å²) in [6.45, 7) is 3.93. The average molecular weight is 649 g/mol. The molecule has 1 amide bonds. The van der Waals surface area contributed by atoms with E-state index in [1.165, 1.54) is 57.2 Å². The average Bonchev–Trinajstić information content (AvgIpc) is 3.60. The van der Waals surface area contributed by atoms with Gasteiger partial charge in [-0.1, -0.05) is 29.4 Å². The van der Waals surface area contributed by atoms with Gasteiger partial charge in [0.1, 0.15) is 61.9 Å². The number of ether oxygens (including phenoxy) is 4. The number of aliphatic hydroxyl groups excluding tert-OH is 4. The van der Waals surface area contributed by atoms with Crippen molar-refractivity contribution in [2.45, 2.75) is 88.0 Å². The van der Waals surface area contributed by atoms with E-state index in [-0.39, 0.29) is 41.7 Å². The minimum Gasteiger partial charge on any atom is -0.504 e. The molecule has 2 aliphatic heterocycles. The smallest absolute Gasteiger partial charge is 0.247 e. The highest BCUT2D eigenvalue weighted by molar-refractivity contribution is 5.97. The maximum absolute atomic E-state index is 13.8. The first-order valence-corrected chi connectivity index (χ1v) is 14.5. The molecule has 1 saturated carbocycles. The molecule has 14 nitrogen and oxygen atoms in total. The lowest BCUT2D eigenvalue weighted by Crippen LogP contribution is -2.67. The highest BCUT2D eigenvalue weighted by atomic mass is 19.1. The fourth-order valence-corrected chi connectivity index (χ4v) is 5.51. The van der Waals surface area contributed by atoms with Gasteiger partial charge in [0.15, 0.2) is 17.1 Å². The van der Waals surface area contributed by atoms with Crippen LogP contribution in [0.4, 0.5) is 4.39 Å². The Bertz CT molecular complexity index is 1490. The van der Waals surface area contributed by atoms with Gasteiger partial charge in [0.2, 0.25) is 12.2 Å². The molecule has 0 bridgehead atoms. The fraction of sp³-hybridized carbons (Fsp3) is 0.484. The largest absolute Gasteiger partial charge is 0.504 e. The van der Waals surface area contributed by atoms with E-state index in [9.17, 15) is 39.8 Å². The third-order valence-electron chi connectivity index (χ3n) is 8.29. The van der Waals surface area contributed by atoms with Crippen LogP contribution < -0.4 is 10.1 Å². The lowest BCUT2D eigenvalue weighted by Gasteiger charge is -2.41. The number of amides is 1. The molecule has 15 heteroatoms. The van der Waals surface area contributed by atoms with Crippen molar-refractivity contribution in [2.75, 3.05) is 6.79 Å². The number of aliphatic hydroxyl groups is 5. The summed E-state index contributed by atoms with van der Waals surface area (Å²) in [6.07, 6.45) is -8.73. The molecule has 2 saturated heterocycles. The lowest BCUT2D eigenvalue weighted by atomic mass is 9.83. The van der Waals surface area contributed by atoms with Gasteiger partial charge in [-0.25, -0.2) is 4.39 Å². The number of fused-ring (bicyclic) bond motifs is 1. The molecule has 10 atom stereocenters. The summed E-state index contributed by atoms with van der Waals surface area (Å²) < 4.78 is 35.8. The molecular weight excluding hydrogens is 611 g/mol. The molecule has 1 aliphatic carbocycles.